The largest absolute Gasteiger partial charge is 4.00 e. The van der Waals surface area contributed by atoms with Gasteiger partial charge < -0.3 is 34.5 Å². The molecule has 0 radical (unpaired) electrons. The first-order chi connectivity index (χ1) is 29.1. The van der Waals surface area contributed by atoms with Crippen LogP contribution in [0.5, 0.6) is 0 Å². The van der Waals surface area contributed by atoms with E-state index in [0.717, 1.165) is 70.8 Å². The van der Waals surface area contributed by atoms with E-state index in [1.807, 2.05) is 36.4 Å². The van der Waals surface area contributed by atoms with Gasteiger partial charge in [-0.15, -0.1) is 0 Å². The van der Waals surface area contributed by atoms with E-state index in [1.54, 1.807) is 11.1 Å². The molecule has 4 aliphatic rings. The van der Waals surface area contributed by atoms with Gasteiger partial charge in [0.15, 0.2) is 0 Å². The van der Waals surface area contributed by atoms with Crippen LogP contribution in [0.4, 0.5) is 0 Å². The van der Waals surface area contributed by atoms with E-state index in [-0.39, 0.29) is 55.9 Å². The van der Waals surface area contributed by atoms with Gasteiger partial charge in [0, 0.05) is 0 Å². The van der Waals surface area contributed by atoms with E-state index in [0.29, 0.717) is 18.9 Å². The zero-order valence-electron chi connectivity index (χ0n) is 43.1. The smallest absolute Gasteiger partial charge is 0.358 e. The summed E-state index contributed by atoms with van der Waals surface area (Å²) in [6, 6.07) is 45.2. The molecule has 0 N–H and O–H groups in total. The number of allylic oxidation sites excluding steroid dienone is 2. The molecule has 0 amide bonds. The van der Waals surface area contributed by atoms with Gasteiger partial charge in [0.05, 0.1) is 0 Å². The fraction of sp³-hybridized carbons (Fsp3) is 0.484. The van der Waals surface area contributed by atoms with Crippen molar-refractivity contribution in [2.45, 2.75) is 142 Å². The normalized spacial score (nSPS) is 26.8. The van der Waals surface area contributed by atoms with E-state index in [2.05, 4.69) is 169 Å². The Labute approximate surface area is 422 Å². The minimum atomic E-state index is 0. The molecule has 8 rings (SSSR count). The van der Waals surface area contributed by atoms with Gasteiger partial charge in [-0.05, 0) is 131 Å². The average molecular weight is 951 g/mol. The summed E-state index contributed by atoms with van der Waals surface area (Å²) in [6.45, 7) is 21.2. The Kier molecular flexibility index (Phi) is 25.1. The van der Waals surface area contributed by atoms with Crippen molar-refractivity contribution in [1.82, 2.24) is 4.81 Å². The summed E-state index contributed by atoms with van der Waals surface area (Å²) in [5.41, 5.74) is 5.70. The molecule has 4 fully saturated rings. The first kappa shape index (κ1) is 58.4. The minimum absolute atomic E-state index is 0. The summed E-state index contributed by atoms with van der Waals surface area (Å²) in [7, 11) is 0. The van der Waals surface area contributed by atoms with E-state index < -0.39 is 0 Å². The first-order valence-corrected chi connectivity index (χ1v) is 24.5. The van der Waals surface area contributed by atoms with Crippen LogP contribution in [0.3, 0.4) is 0 Å². The van der Waals surface area contributed by atoms with Crippen molar-refractivity contribution in [3.8, 4) is 0 Å². The average Bonchev–Trinajstić information content (AvgIpc) is 3.86. The third kappa shape index (κ3) is 13.9. The molecule has 0 aliphatic heterocycles. The van der Waals surface area contributed by atoms with Crippen molar-refractivity contribution >= 4 is 19.0 Å². The van der Waals surface area contributed by atoms with Crippen molar-refractivity contribution < 1.29 is 26.2 Å². The summed E-state index contributed by atoms with van der Waals surface area (Å²) in [5, 5.41) is 0. The standard InChI is InChI=1S/C42H64BN.C16H14.4CH3.Zr/c1-27(2)37-25-39-33(31-17-11-9-12-18-31)21-15-23-35(39)41(37)43(44(29(5)6)30(7)8)42-36-24-16-22-34(32-19-13-10-14-20-32)40(36)26-38(42)28(3)4;1-3-9-15(10-4-1)13-7-8-14-16-11-5-2-6-12-16;;;;;/h9-14,17-20,27-30,33-42H,15-16,21-26H2,1-8H3;1-14H;4*1H3;/q;;4*-1;+4/b;13-7+,14-8?;;;;;. The molecule has 4 aromatic carbocycles. The van der Waals surface area contributed by atoms with E-state index in [1.165, 1.54) is 62.5 Å². The number of benzene rings is 4. The van der Waals surface area contributed by atoms with E-state index >= 15 is 0 Å². The molecule has 0 saturated heterocycles. The predicted octanol–water partition coefficient (Wildman–Crippen LogP) is 17.8. The molecule has 1 nitrogen and oxygen atoms in total. The minimum Gasteiger partial charge on any atom is -0.358 e. The van der Waals surface area contributed by atoms with Gasteiger partial charge in [-0.25, -0.2) is 0 Å². The maximum atomic E-state index is 3.10. The van der Waals surface area contributed by atoms with Crippen molar-refractivity contribution in [2.75, 3.05) is 0 Å². The molecule has 350 valence electrons. The summed E-state index contributed by atoms with van der Waals surface area (Å²) in [4.78, 5) is 3.10. The van der Waals surface area contributed by atoms with Crippen LogP contribution in [0.2, 0.25) is 11.6 Å². The van der Waals surface area contributed by atoms with Gasteiger partial charge in [0.25, 0.3) is 0 Å². The summed E-state index contributed by atoms with van der Waals surface area (Å²) < 4.78 is 0. The maximum Gasteiger partial charge on any atom is 4.00 e. The van der Waals surface area contributed by atoms with Gasteiger partial charge in [0.1, 0.15) is 0 Å². The van der Waals surface area contributed by atoms with Crippen LogP contribution < -0.4 is 0 Å². The fourth-order valence-corrected chi connectivity index (χ4v) is 13.9. The Bertz CT molecular complexity index is 1770. The third-order valence-corrected chi connectivity index (χ3v) is 16.1. The molecular weight excluding hydrogens is 861 g/mol. The molecule has 3 heteroatoms. The molecule has 4 aromatic rings. The Morgan fingerprint density at radius 2 is 0.769 bits per heavy atom. The first-order valence-electron chi connectivity index (χ1n) is 24.5. The summed E-state index contributed by atoms with van der Waals surface area (Å²) in [5.74, 6) is 9.75. The van der Waals surface area contributed by atoms with Crippen LogP contribution in [0.1, 0.15) is 141 Å². The van der Waals surface area contributed by atoms with Crippen LogP contribution in [-0.4, -0.2) is 23.7 Å². The van der Waals surface area contributed by atoms with Gasteiger partial charge in [0.2, 0.25) is 6.85 Å². The molecule has 0 spiro atoms. The Morgan fingerprint density at radius 3 is 1.08 bits per heavy atom. The molecule has 4 aliphatic carbocycles. The number of rotatable bonds is 12. The number of fused-ring (bicyclic) bond motifs is 2. The molecular formula is C62H90BNZr. The van der Waals surface area contributed by atoms with Gasteiger partial charge in [-0.1, -0.05) is 227 Å². The van der Waals surface area contributed by atoms with E-state index in [4.69, 9.17) is 0 Å². The zero-order valence-corrected chi connectivity index (χ0v) is 45.6. The zero-order chi connectivity index (χ0) is 42.2. The van der Waals surface area contributed by atoms with Crippen molar-refractivity contribution in [3.05, 3.63) is 185 Å². The number of hydrogen-bond donors (Lipinski definition) is 0. The molecule has 4 saturated carbocycles. The van der Waals surface area contributed by atoms with Crippen molar-refractivity contribution in [2.24, 2.45) is 47.3 Å². The third-order valence-electron chi connectivity index (χ3n) is 16.1. The van der Waals surface area contributed by atoms with Crippen LogP contribution in [0, 0.1) is 77.0 Å². The predicted molar refractivity (Wildman–Crippen MR) is 288 cm³/mol. The van der Waals surface area contributed by atoms with E-state index in [9.17, 15) is 0 Å². The van der Waals surface area contributed by atoms with Crippen LogP contribution >= 0.6 is 0 Å². The summed E-state index contributed by atoms with van der Waals surface area (Å²) in [6.07, 6.45) is 19.8. The molecule has 10 atom stereocenters. The second kappa shape index (κ2) is 27.9. The Morgan fingerprint density at radius 1 is 0.446 bits per heavy atom. The van der Waals surface area contributed by atoms with Crippen LogP contribution in [-0.2, 0) is 26.2 Å². The van der Waals surface area contributed by atoms with Crippen molar-refractivity contribution in [3.63, 3.8) is 0 Å². The van der Waals surface area contributed by atoms with Gasteiger partial charge in [-0.3, -0.25) is 0 Å². The maximum absolute atomic E-state index is 3.10. The van der Waals surface area contributed by atoms with Crippen LogP contribution in [0.25, 0.3) is 12.2 Å². The summed E-state index contributed by atoms with van der Waals surface area (Å²) >= 11 is 0. The molecule has 0 bridgehead atoms. The second-order valence-corrected chi connectivity index (χ2v) is 20.7. The molecule has 0 aromatic heterocycles. The topological polar surface area (TPSA) is 3.24 Å². The van der Waals surface area contributed by atoms with Gasteiger partial charge in [-0.2, -0.15) is 0 Å². The monoisotopic (exact) mass is 950 g/mol. The van der Waals surface area contributed by atoms with Crippen molar-refractivity contribution in [1.29, 1.82) is 0 Å². The number of nitrogens with zero attached hydrogens (tertiary/aromatic N) is 1. The Hall–Kier alpha value is -2.73. The quantitative estimate of drug-likeness (QED) is 0.0777. The Balaban J connectivity index is 0.000000590. The molecule has 0 heterocycles. The molecule has 65 heavy (non-hydrogen) atoms. The van der Waals surface area contributed by atoms with Gasteiger partial charge >= 0.3 is 26.2 Å². The number of hydrogen-bond acceptors (Lipinski definition) is 1. The second-order valence-electron chi connectivity index (χ2n) is 20.7. The molecule has 10 unspecified atom stereocenters. The van der Waals surface area contributed by atoms with Crippen LogP contribution in [0.15, 0.2) is 133 Å². The SMILES string of the molecule is C(=Cc1ccccc1)/C=C/c1ccccc1.CC(C)C1CC2C(c3ccccc3)CCCC2C1B(C1C(C(C)C)CC2C(c3ccccc3)CCCC21)N(C(C)C)C(C)C.[CH3-].[CH3-].[CH3-].[CH3-].[Zr+4]. The fourth-order valence-electron chi connectivity index (χ4n) is 13.9.